The zero-order valence-corrected chi connectivity index (χ0v) is 13.8. The maximum absolute atomic E-state index is 12.6. The highest BCUT2D eigenvalue weighted by molar-refractivity contribution is 5.94. The molecule has 0 aliphatic carbocycles. The third kappa shape index (κ3) is 4.35. The number of ether oxygens (including phenoxy) is 1. The number of rotatable bonds is 3. The number of carbonyl (C=O) groups excluding carboxylic acids is 1. The molecule has 2 rings (SSSR count). The zero-order valence-electron chi connectivity index (χ0n) is 13.0. The number of aryl methyl sites for hydroxylation is 1. The van der Waals surface area contributed by atoms with Crippen LogP contribution in [-0.2, 0) is 0 Å². The normalized spacial score (nSPS) is 18.3. The van der Waals surface area contributed by atoms with Crippen LogP contribution in [0.1, 0.15) is 35.2 Å². The lowest BCUT2D eigenvalue weighted by Crippen LogP contribution is -2.37. The zero-order chi connectivity index (χ0) is 14.5. The van der Waals surface area contributed by atoms with E-state index in [9.17, 15) is 4.79 Å². The van der Waals surface area contributed by atoms with Crippen molar-refractivity contribution in [3.63, 3.8) is 0 Å². The topological polar surface area (TPSA) is 41.6 Å². The number of nitrogens with one attached hydrogen (secondary N) is 1. The summed E-state index contributed by atoms with van der Waals surface area (Å²) in [7, 11) is 3.54. The van der Waals surface area contributed by atoms with Crippen LogP contribution in [0.5, 0.6) is 5.75 Å². The Bertz CT molecular complexity index is 471. The molecular formula is C16H25ClN2O2. The Balaban J connectivity index is 0.00000220. The minimum absolute atomic E-state index is 0. The van der Waals surface area contributed by atoms with Gasteiger partial charge >= 0.3 is 0 Å². The highest BCUT2D eigenvalue weighted by Crippen LogP contribution is 2.21. The Hall–Kier alpha value is -1.26. The Labute approximate surface area is 133 Å². The first-order valence-electron chi connectivity index (χ1n) is 7.26. The molecule has 0 bridgehead atoms. The van der Waals surface area contributed by atoms with E-state index in [0.717, 1.165) is 43.7 Å². The smallest absolute Gasteiger partial charge is 0.253 e. The van der Waals surface area contributed by atoms with Crippen LogP contribution in [0.25, 0.3) is 0 Å². The first-order chi connectivity index (χ1) is 9.63. The maximum atomic E-state index is 12.6. The third-order valence-corrected chi connectivity index (χ3v) is 4.07. The number of benzene rings is 1. The fourth-order valence-electron chi connectivity index (χ4n) is 2.71. The van der Waals surface area contributed by atoms with Gasteiger partial charge in [0.1, 0.15) is 5.75 Å². The molecule has 4 nitrogen and oxygen atoms in total. The van der Waals surface area contributed by atoms with Gasteiger partial charge in [-0.15, -0.1) is 12.4 Å². The van der Waals surface area contributed by atoms with Crippen molar-refractivity contribution in [2.24, 2.45) is 0 Å². The lowest BCUT2D eigenvalue weighted by molar-refractivity contribution is 0.0720. The number of carbonyl (C=O) groups is 1. The summed E-state index contributed by atoms with van der Waals surface area (Å²) in [5.41, 5.74) is 1.75. The molecule has 0 radical (unpaired) electrons. The quantitative estimate of drug-likeness (QED) is 0.933. The maximum Gasteiger partial charge on any atom is 0.253 e. The van der Waals surface area contributed by atoms with E-state index in [0.29, 0.717) is 11.6 Å². The molecule has 1 aliphatic rings. The summed E-state index contributed by atoms with van der Waals surface area (Å²) in [4.78, 5) is 14.5. The van der Waals surface area contributed by atoms with Crippen molar-refractivity contribution in [2.45, 2.75) is 32.2 Å². The van der Waals surface area contributed by atoms with E-state index in [-0.39, 0.29) is 18.3 Å². The second-order valence-corrected chi connectivity index (χ2v) is 5.44. The van der Waals surface area contributed by atoms with Crippen LogP contribution in [-0.4, -0.2) is 44.1 Å². The molecule has 0 saturated carbocycles. The summed E-state index contributed by atoms with van der Waals surface area (Å²) in [6.45, 7) is 4.02. The molecular weight excluding hydrogens is 288 g/mol. The molecule has 1 unspecified atom stereocenters. The average Bonchev–Trinajstić information content (AvgIpc) is 2.75. The molecule has 1 amide bonds. The van der Waals surface area contributed by atoms with E-state index in [2.05, 4.69) is 5.32 Å². The first kappa shape index (κ1) is 17.8. The monoisotopic (exact) mass is 312 g/mol. The van der Waals surface area contributed by atoms with Crippen molar-refractivity contribution in [3.05, 3.63) is 29.3 Å². The molecule has 1 aliphatic heterocycles. The lowest BCUT2D eigenvalue weighted by atomic mass is 10.1. The molecule has 1 atom stereocenters. The first-order valence-corrected chi connectivity index (χ1v) is 7.26. The molecule has 1 saturated heterocycles. The van der Waals surface area contributed by atoms with E-state index >= 15 is 0 Å². The fraction of sp³-hybridized carbons (Fsp3) is 0.562. The average molecular weight is 313 g/mol. The SMILES string of the molecule is COc1cc(C(=O)N(C)C2CCCNCC2)ccc1C.Cl. The second kappa shape index (κ2) is 8.25. The van der Waals surface area contributed by atoms with Crippen molar-refractivity contribution in [1.29, 1.82) is 0 Å². The molecule has 5 heteroatoms. The van der Waals surface area contributed by atoms with Crippen molar-refractivity contribution in [2.75, 3.05) is 27.2 Å². The van der Waals surface area contributed by atoms with Crippen LogP contribution in [0.3, 0.4) is 0 Å². The summed E-state index contributed by atoms with van der Waals surface area (Å²) in [6.07, 6.45) is 3.21. The molecule has 1 aromatic carbocycles. The van der Waals surface area contributed by atoms with E-state index in [1.165, 1.54) is 0 Å². The number of methoxy groups -OCH3 is 1. The van der Waals surface area contributed by atoms with Crippen LogP contribution in [0.4, 0.5) is 0 Å². The van der Waals surface area contributed by atoms with E-state index in [4.69, 9.17) is 4.74 Å². The number of hydrogen-bond donors (Lipinski definition) is 1. The van der Waals surface area contributed by atoms with Gasteiger partial charge in [0, 0.05) is 18.7 Å². The van der Waals surface area contributed by atoms with Crippen LogP contribution in [0, 0.1) is 6.92 Å². The van der Waals surface area contributed by atoms with Crippen LogP contribution < -0.4 is 10.1 Å². The van der Waals surface area contributed by atoms with Gasteiger partial charge in [-0.25, -0.2) is 0 Å². The summed E-state index contributed by atoms with van der Waals surface area (Å²) in [6, 6.07) is 5.98. The van der Waals surface area contributed by atoms with Crippen molar-refractivity contribution < 1.29 is 9.53 Å². The van der Waals surface area contributed by atoms with Gasteiger partial charge in [0.25, 0.3) is 5.91 Å². The highest BCUT2D eigenvalue weighted by atomic mass is 35.5. The minimum atomic E-state index is 0. The predicted molar refractivity (Wildman–Crippen MR) is 87.6 cm³/mol. The second-order valence-electron chi connectivity index (χ2n) is 5.44. The Morgan fingerprint density at radius 1 is 1.33 bits per heavy atom. The molecule has 1 heterocycles. The highest BCUT2D eigenvalue weighted by Gasteiger charge is 2.22. The van der Waals surface area contributed by atoms with Gasteiger partial charge in [0.2, 0.25) is 0 Å². The Kier molecular flexibility index (Phi) is 6.99. The van der Waals surface area contributed by atoms with Crippen molar-refractivity contribution in [1.82, 2.24) is 10.2 Å². The largest absolute Gasteiger partial charge is 0.496 e. The van der Waals surface area contributed by atoms with Gasteiger partial charge in [-0.1, -0.05) is 6.07 Å². The van der Waals surface area contributed by atoms with E-state index < -0.39 is 0 Å². The van der Waals surface area contributed by atoms with Gasteiger partial charge in [-0.3, -0.25) is 4.79 Å². The third-order valence-electron chi connectivity index (χ3n) is 4.07. The summed E-state index contributed by atoms with van der Waals surface area (Å²) in [5.74, 6) is 0.849. The van der Waals surface area contributed by atoms with Crippen LogP contribution in [0.15, 0.2) is 18.2 Å². The molecule has 1 fully saturated rings. The van der Waals surface area contributed by atoms with Gasteiger partial charge in [0.05, 0.1) is 7.11 Å². The van der Waals surface area contributed by atoms with Crippen molar-refractivity contribution in [3.8, 4) is 5.75 Å². The van der Waals surface area contributed by atoms with Crippen LogP contribution >= 0.6 is 12.4 Å². The number of amides is 1. The number of hydrogen-bond acceptors (Lipinski definition) is 3. The minimum Gasteiger partial charge on any atom is -0.496 e. The molecule has 0 aromatic heterocycles. The van der Waals surface area contributed by atoms with Gasteiger partial charge in [-0.05, 0) is 57.0 Å². The van der Waals surface area contributed by atoms with Gasteiger partial charge in [-0.2, -0.15) is 0 Å². The summed E-state index contributed by atoms with van der Waals surface area (Å²) >= 11 is 0. The Morgan fingerprint density at radius 3 is 2.81 bits per heavy atom. The van der Waals surface area contributed by atoms with Gasteiger partial charge in [0.15, 0.2) is 0 Å². The standard InChI is InChI=1S/C16H24N2O2.ClH/c1-12-6-7-13(11-15(12)20-3)16(19)18(2)14-5-4-9-17-10-8-14;/h6-7,11,14,17H,4-5,8-10H2,1-3H3;1H. The Morgan fingerprint density at radius 2 is 2.10 bits per heavy atom. The molecule has 1 aromatic rings. The fourth-order valence-corrected chi connectivity index (χ4v) is 2.71. The van der Waals surface area contributed by atoms with Crippen LogP contribution in [0.2, 0.25) is 0 Å². The molecule has 1 N–H and O–H groups in total. The van der Waals surface area contributed by atoms with E-state index in [1.807, 2.05) is 37.1 Å². The predicted octanol–water partition coefficient (Wildman–Crippen LogP) is 2.64. The summed E-state index contributed by atoms with van der Waals surface area (Å²) < 4.78 is 5.30. The van der Waals surface area contributed by atoms with Gasteiger partial charge < -0.3 is 15.0 Å². The molecule has 21 heavy (non-hydrogen) atoms. The molecule has 0 spiro atoms. The van der Waals surface area contributed by atoms with E-state index in [1.54, 1.807) is 7.11 Å². The number of halogens is 1. The number of nitrogens with zero attached hydrogens (tertiary/aromatic N) is 1. The molecule has 118 valence electrons. The summed E-state index contributed by atoms with van der Waals surface area (Å²) in [5, 5.41) is 3.38. The lowest BCUT2D eigenvalue weighted by Gasteiger charge is -2.27. The van der Waals surface area contributed by atoms with Crippen molar-refractivity contribution >= 4 is 18.3 Å².